The molecule has 1 saturated heterocycles. The summed E-state index contributed by atoms with van der Waals surface area (Å²) in [5, 5.41) is 2.73. The van der Waals surface area contributed by atoms with Crippen LogP contribution in [0, 0.1) is 0 Å². The van der Waals surface area contributed by atoms with Crippen LogP contribution in [0.25, 0.3) is 0 Å². The van der Waals surface area contributed by atoms with Crippen molar-refractivity contribution in [1.29, 1.82) is 0 Å². The lowest BCUT2D eigenvalue weighted by molar-refractivity contribution is -0.135. The van der Waals surface area contributed by atoms with Gasteiger partial charge in [-0.1, -0.05) is 6.92 Å². The molecule has 0 aliphatic carbocycles. The lowest BCUT2D eigenvalue weighted by atomic mass is 10.1. The molecule has 1 heterocycles. The maximum absolute atomic E-state index is 11.7. The number of hydrogen-bond acceptors (Lipinski definition) is 3. The molecule has 0 bridgehead atoms. The van der Waals surface area contributed by atoms with Crippen LogP contribution < -0.4 is 11.1 Å². The molecule has 1 aliphatic heterocycles. The van der Waals surface area contributed by atoms with E-state index < -0.39 is 0 Å². The Labute approximate surface area is 90.0 Å². The van der Waals surface area contributed by atoms with Gasteiger partial charge in [0.25, 0.3) is 0 Å². The molecule has 0 saturated carbocycles. The van der Waals surface area contributed by atoms with Crippen molar-refractivity contribution in [3.8, 4) is 0 Å². The van der Waals surface area contributed by atoms with Gasteiger partial charge < -0.3 is 16.0 Å². The van der Waals surface area contributed by atoms with Crippen LogP contribution in [-0.4, -0.2) is 42.4 Å². The van der Waals surface area contributed by atoms with Crippen molar-refractivity contribution in [2.75, 3.05) is 19.6 Å². The van der Waals surface area contributed by atoms with Gasteiger partial charge in [-0.3, -0.25) is 9.59 Å². The second-order valence-electron chi connectivity index (χ2n) is 3.89. The molecule has 0 spiro atoms. The predicted molar refractivity (Wildman–Crippen MR) is 57.1 cm³/mol. The summed E-state index contributed by atoms with van der Waals surface area (Å²) in [5.41, 5.74) is 5.71. The minimum atomic E-state index is -0.0937. The first-order valence-electron chi connectivity index (χ1n) is 5.43. The molecule has 1 unspecified atom stereocenters. The summed E-state index contributed by atoms with van der Waals surface area (Å²) in [4.78, 5) is 24.5. The van der Waals surface area contributed by atoms with E-state index in [1.807, 2.05) is 6.92 Å². The molecule has 5 heteroatoms. The van der Waals surface area contributed by atoms with E-state index in [2.05, 4.69) is 5.32 Å². The molecule has 0 radical (unpaired) electrons. The van der Waals surface area contributed by atoms with Gasteiger partial charge in [-0.15, -0.1) is 0 Å². The van der Waals surface area contributed by atoms with Crippen LogP contribution >= 0.6 is 0 Å². The van der Waals surface area contributed by atoms with Crippen molar-refractivity contribution in [1.82, 2.24) is 10.2 Å². The maximum atomic E-state index is 11.7. The van der Waals surface area contributed by atoms with Gasteiger partial charge in [0, 0.05) is 25.6 Å². The van der Waals surface area contributed by atoms with E-state index in [0.29, 0.717) is 19.5 Å². The summed E-state index contributed by atoms with van der Waals surface area (Å²) in [6, 6.07) is -0.0937. The molecular weight excluding hydrogens is 194 g/mol. The fourth-order valence-corrected chi connectivity index (χ4v) is 1.52. The van der Waals surface area contributed by atoms with Gasteiger partial charge in [-0.2, -0.15) is 0 Å². The number of hydrogen-bond donors (Lipinski definition) is 2. The molecular formula is C10H19N3O2. The topological polar surface area (TPSA) is 75.4 Å². The average Bonchev–Trinajstić information content (AvgIpc) is 2.42. The highest BCUT2D eigenvalue weighted by Gasteiger charge is 2.20. The smallest absolute Gasteiger partial charge is 0.239 e. The van der Waals surface area contributed by atoms with Crippen molar-refractivity contribution in [3.05, 3.63) is 0 Å². The Morgan fingerprint density at radius 2 is 2.40 bits per heavy atom. The van der Waals surface area contributed by atoms with Crippen molar-refractivity contribution in [2.24, 2.45) is 5.73 Å². The molecule has 0 aromatic rings. The Balaban J connectivity index is 2.46. The molecule has 5 nitrogen and oxygen atoms in total. The average molecular weight is 213 g/mol. The Bertz CT molecular complexity index is 243. The van der Waals surface area contributed by atoms with Gasteiger partial charge in [-0.05, 0) is 12.8 Å². The van der Waals surface area contributed by atoms with E-state index in [9.17, 15) is 9.59 Å². The normalized spacial score (nSPS) is 19.3. The van der Waals surface area contributed by atoms with Gasteiger partial charge in [0.1, 0.15) is 0 Å². The first-order chi connectivity index (χ1) is 7.13. The van der Waals surface area contributed by atoms with E-state index in [-0.39, 0.29) is 24.4 Å². The molecule has 1 fully saturated rings. The number of nitrogens with one attached hydrogen (secondary N) is 1. The molecule has 0 aromatic heterocycles. The lowest BCUT2D eigenvalue weighted by Gasteiger charge is -2.20. The quantitative estimate of drug-likeness (QED) is 0.661. The highest BCUT2D eigenvalue weighted by atomic mass is 16.2. The Kier molecular flexibility index (Phi) is 4.55. The zero-order valence-corrected chi connectivity index (χ0v) is 9.16. The summed E-state index contributed by atoms with van der Waals surface area (Å²) in [7, 11) is 0. The molecule has 1 aliphatic rings. The molecule has 0 aromatic carbocycles. The third kappa shape index (κ3) is 3.87. The number of nitrogens with zero attached hydrogens (tertiary/aromatic N) is 1. The Morgan fingerprint density at radius 1 is 1.67 bits per heavy atom. The van der Waals surface area contributed by atoms with Gasteiger partial charge in [-0.25, -0.2) is 0 Å². The highest BCUT2D eigenvalue weighted by Crippen LogP contribution is 2.03. The van der Waals surface area contributed by atoms with Gasteiger partial charge in [0.05, 0.1) is 6.54 Å². The Morgan fingerprint density at radius 3 is 3.07 bits per heavy atom. The number of carbonyl (C=O) groups is 2. The van der Waals surface area contributed by atoms with Crippen molar-refractivity contribution in [2.45, 2.75) is 32.2 Å². The molecule has 1 atom stereocenters. The van der Waals surface area contributed by atoms with E-state index in [1.165, 1.54) is 0 Å². The van der Waals surface area contributed by atoms with Crippen molar-refractivity contribution in [3.63, 3.8) is 0 Å². The maximum Gasteiger partial charge on any atom is 0.239 e. The third-order valence-electron chi connectivity index (χ3n) is 2.58. The predicted octanol–water partition coefficient (Wildman–Crippen LogP) is -0.538. The van der Waals surface area contributed by atoms with Crippen LogP contribution in [0.1, 0.15) is 26.2 Å². The molecule has 15 heavy (non-hydrogen) atoms. The monoisotopic (exact) mass is 213 g/mol. The lowest BCUT2D eigenvalue weighted by Crippen LogP contribution is -2.39. The van der Waals surface area contributed by atoms with E-state index in [0.717, 1.165) is 12.8 Å². The summed E-state index contributed by atoms with van der Waals surface area (Å²) in [6.45, 7) is 3.43. The minimum absolute atomic E-state index is 0.0126. The van der Waals surface area contributed by atoms with Crippen LogP contribution in [0.3, 0.4) is 0 Å². The van der Waals surface area contributed by atoms with Crippen LogP contribution in [-0.2, 0) is 9.59 Å². The molecule has 3 N–H and O–H groups in total. The number of nitrogens with two attached hydrogens (primary N) is 1. The zero-order valence-electron chi connectivity index (χ0n) is 9.16. The van der Waals surface area contributed by atoms with Crippen LogP contribution in [0.2, 0.25) is 0 Å². The zero-order chi connectivity index (χ0) is 11.3. The highest BCUT2D eigenvalue weighted by molar-refractivity contribution is 5.85. The largest absolute Gasteiger partial charge is 0.354 e. The first-order valence-corrected chi connectivity index (χ1v) is 5.43. The van der Waals surface area contributed by atoms with E-state index >= 15 is 0 Å². The second kappa shape index (κ2) is 5.70. The summed E-state index contributed by atoms with van der Waals surface area (Å²) in [6.07, 6.45) is 1.94. The second-order valence-corrected chi connectivity index (χ2v) is 3.89. The minimum Gasteiger partial charge on any atom is -0.354 e. The van der Waals surface area contributed by atoms with Crippen LogP contribution in [0.15, 0.2) is 0 Å². The van der Waals surface area contributed by atoms with Crippen LogP contribution in [0.5, 0.6) is 0 Å². The summed E-state index contributed by atoms with van der Waals surface area (Å²) < 4.78 is 0. The van der Waals surface area contributed by atoms with E-state index in [4.69, 9.17) is 5.73 Å². The van der Waals surface area contributed by atoms with Gasteiger partial charge >= 0.3 is 0 Å². The molecule has 1 rings (SSSR count). The fraction of sp³-hybridized carbons (Fsp3) is 0.800. The van der Waals surface area contributed by atoms with Crippen molar-refractivity contribution < 1.29 is 9.59 Å². The summed E-state index contributed by atoms with van der Waals surface area (Å²) in [5.74, 6) is -0.0904. The number of carbonyl (C=O) groups excluding carboxylic acids is 2. The number of rotatable bonds is 3. The van der Waals surface area contributed by atoms with E-state index in [1.54, 1.807) is 4.90 Å². The third-order valence-corrected chi connectivity index (χ3v) is 2.58. The van der Waals surface area contributed by atoms with Gasteiger partial charge in [0.15, 0.2) is 0 Å². The van der Waals surface area contributed by atoms with Gasteiger partial charge in [0.2, 0.25) is 11.8 Å². The molecule has 2 amide bonds. The summed E-state index contributed by atoms with van der Waals surface area (Å²) >= 11 is 0. The molecule has 86 valence electrons. The fourth-order valence-electron chi connectivity index (χ4n) is 1.52. The Hall–Kier alpha value is -1.10. The van der Waals surface area contributed by atoms with Crippen molar-refractivity contribution >= 4 is 11.8 Å². The standard InChI is InChI=1S/C10H19N3O2/c1-2-8(11)6-10(15)13-5-3-4-12-9(14)7-13/h8H,2-7,11H2,1H3,(H,12,14). The number of amides is 2. The SMILES string of the molecule is CCC(N)CC(=O)N1CCCNC(=O)C1. The van der Waals surface area contributed by atoms with Crippen LogP contribution in [0.4, 0.5) is 0 Å². The first kappa shape index (κ1) is 12.0.